The first-order valence-corrected chi connectivity index (χ1v) is 17.8. The van der Waals surface area contributed by atoms with Gasteiger partial charge in [0.1, 0.15) is 18.6 Å². The molecule has 0 unspecified atom stereocenters. The lowest BCUT2D eigenvalue weighted by atomic mass is 10.1. The molecule has 228 valence electrons. The molecule has 9 nitrogen and oxygen atoms in total. The Hall–Kier alpha value is -3.97. The Morgan fingerprint density at radius 2 is 1.81 bits per heavy atom. The quantitative estimate of drug-likeness (QED) is 0.158. The van der Waals surface area contributed by atoms with Gasteiger partial charge in [-0.05, 0) is 36.4 Å². The lowest BCUT2D eigenvalue weighted by Crippen LogP contribution is -2.39. The summed E-state index contributed by atoms with van der Waals surface area (Å²) in [5, 5.41) is 9.95. The molecule has 1 aliphatic rings. The average Bonchev–Trinajstić information content (AvgIpc) is 3.32. The monoisotopic (exact) mass is 613 g/mol. The molecule has 0 bridgehead atoms. The van der Waals surface area contributed by atoms with Gasteiger partial charge in [0.05, 0.1) is 16.8 Å². The van der Waals surface area contributed by atoms with Gasteiger partial charge in [-0.1, -0.05) is 19.6 Å². The van der Waals surface area contributed by atoms with Crippen molar-refractivity contribution in [2.75, 3.05) is 24.6 Å². The van der Waals surface area contributed by atoms with Crippen LogP contribution in [0, 0.1) is 0 Å². The van der Waals surface area contributed by atoms with Gasteiger partial charge in [0.25, 0.3) is 0 Å². The third kappa shape index (κ3) is 7.34. The zero-order chi connectivity index (χ0) is 30.8. The van der Waals surface area contributed by atoms with Gasteiger partial charge in [-0.25, -0.2) is 19.7 Å². The standard InChI is InChI=1S/C30H34F3N5O4Si/c1-43(2,3)16-15-41-19-38-18-24(25-8-7-23(28(39)40)27(36-25)30(31,32)33)22-6-5-21(17-26(22)38)42-20-9-13-37(14-10-20)29-34-11-4-12-35-29/h4-8,11-12,17-18,20H,9-10,13-16,19H2,1-3H3,(H,39,40). The van der Waals surface area contributed by atoms with Crippen molar-refractivity contribution < 1.29 is 32.5 Å². The van der Waals surface area contributed by atoms with Crippen LogP contribution in [0.3, 0.4) is 0 Å². The van der Waals surface area contributed by atoms with E-state index in [0.29, 0.717) is 34.8 Å². The molecule has 0 aliphatic carbocycles. The largest absolute Gasteiger partial charge is 0.490 e. The second kappa shape index (κ2) is 12.3. The molecular formula is C30H34F3N5O4Si. The van der Waals surface area contributed by atoms with Crippen LogP contribution < -0.4 is 9.64 Å². The Morgan fingerprint density at radius 1 is 1.09 bits per heavy atom. The number of anilines is 1. The number of benzene rings is 1. The normalized spacial score (nSPS) is 14.8. The van der Waals surface area contributed by atoms with E-state index in [4.69, 9.17) is 9.47 Å². The van der Waals surface area contributed by atoms with Crippen molar-refractivity contribution in [2.24, 2.45) is 0 Å². The van der Waals surface area contributed by atoms with Gasteiger partial charge in [0, 0.05) is 76.2 Å². The number of carbonyl (C=O) groups is 1. The molecule has 5 rings (SSSR count). The van der Waals surface area contributed by atoms with Gasteiger partial charge in [-0.3, -0.25) is 0 Å². The number of carboxylic acids is 1. The maximum Gasteiger partial charge on any atom is 0.434 e. The van der Waals surface area contributed by atoms with Gasteiger partial charge in [0.2, 0.25) is 5.95 Å². The summed E-state index contributed by atoms with van der Waals surface area (Å²) in [6.45, 7) is 9.03. The number of hydrogen-bond acceptors (Lipinski definition) is 7. The highest BCUT2D eigenvalue weighted by atomic mass is 28.3. The Kier molecular flexibility index (Phi) is 8.74. The molecule has 0 radical (unpaired) electrons. The second-order valence-electron chi connectivity index (χ2n) is 11.8. The zero-order valence-electron chi connectivity index (χ0n) is 24.3. The van der Waals surface area contributed by atoms with E-state index in [9.17, 15) is 23.1 Å². The minimum atomic E-state index is -4.93. The molecular weight excluding hydrogens is 579 g/mol. The Bertz CT molecular complexity index is 1580. The van der Waals surface area contributed by atoms with Crippen molar-refractivity contribution in [1.82, 2.24) is 19.5 Å². The summed E-state index contributed by atoms with van der Waals surface area (Å²) in [6, 6.07) is 10.5. The topological polar surface area (TPSA) is 103 Å². The molecule has 1 N–H and O–H groups in total. The first-order chi connectivity index (χ1) is 20.4. The van der Waals surface area contributed by atoms with Crippen molar-refractivity contribution in [3.63, 3.8) is 0 Å². The number of fused-ring (bicyclic) bond motifs is 1. The predicted octanol–water partition coefficient (Wildman–Crippen LogP) is 6.57. The number of hydrogen-bond donors (Lipinski definition) is 1. The third-order valence-electron chi connectivity index (χ3n) is 7.33. The summed E-state index contributed by atoms with van der Waals surface area (Å²) in [6.07, 6.45) is 1.75. The van der Waals surface area contributed by atoms with E-state index >= 15 is 0 Å². The molecule has 13 heteroatoms. The molecule has 4 aromatic rings. The van der Waals surface area contributed by atoms with Gasteiger partial charge in [0.15, 0.2) is 5.69 Å². The van der Waals surface area contributed by atoms with Crippen molar-refractivity contribution in [2.45, 2.75) is 57.5 Å². The summed E-state index contributed by atoms with van der Waals surface area (Å²) < 4.78 is 55.4. The fourth-order valence-corrected chi connectivity index (χ4v) is 5.77. The Labute approximate surface area is 248 Å². The number of alkyl halides is 3. The Morgan fingerprint density at radius 3 is 2.47 bits per heavy atom. The summed E-state index contributed by atoms with van der Waals surface area (Å²) in [7, 11) is -1.33. The SMILES string of the molecule is C[Si](C)(C)CCOCn1cc(-c2ccc(C(=O)O)c(C(F)(F)F)n2)c2ccc(OC3CCN(c4ncccn4)CC3)cc21. The first kappa shape index (κ1) is 30.5. The van der Waals surface area contributed by atoms with Crippen LogP contribution in [0.1, 0.15) is 28.9 Å². The van der Waals surface area contributed by atoms with Crippen molar-refractivity contribution in [1.29, 1.82) is 0 Å². The zero-order valence-corrected chi connectivity index (χ0v) is 25.3. The van der Waals surface area contributed by atoms with E-state index in [1.807, 2.05) is 10.6 Å². The van der Waals surface area contributed by atoms with Crippen LogP contribution in [-0.4, -0.2) is 64.5 Å². The van der Waals surface area contributed by atoms with Crippen molar-refractivity contribution in [3.8, 4) is 17.0 Å². The maximum atomic E-state index is 13.7. The lowest BCUT2D eigenvalue weighted by Gasteiger charge is -2.32. The molecule has 43 heavy (non-hydrogen) atoms. The van der Waals surface area contributed by atoms with Crippen LogP contribution >= 0.6 is 0 Å². The molecule has 1 aliphatic heterocycles. The molecule has 1 fully saturated rings. The number of pyridine rings is 1. The minimum absolute atomic E-state index is 0.0205. The molecule has 1 saturated heterocycles. The lowest BCUT2D eigenvalue weighted by molar-refractivity contribution is -0.141. The second-order valence-corrected chi connectivity index (χ2v) is 17.4. The fourth-order valence-electron chi connectivity index (χ4n) is 5.02. The van der Waals surface area contributed by atoms with Crippen LogP contribution in [0.2, 0.25) is 25.7 Å². The van der Waals surface area contributed by atoms with E-state index in [0.717, 1.165) is 38.0 Å². The predicted molar refractivity (Wildman–Crippen MR) is 159 cm³/mol. The number of nitrogens with zero attached hydrogens (tertiary/aromatic N) is 5. The fraction of sp³-hybridized carbons (Fsp3) is 0.400. The van der Waals surface area contributed by atoms with E-state index in [2.05, 4.69) is 39.5 Å². The molecule has 0 amide bonds. The van der Waals surface area contributed by atoms with E-state index < -0.39 is 31.5 Å². The number of rotatable bonds is 10. The van der Waals surface area contributed by atoms with Crippen molar-refractivity contribution in [3.05, 3.63) is 66.2 Å². The van der Waals surface area contributed by atoms with Crippen LogP contribution in [-0.2, 0) is 17.6 Å². The average molecular weight is 614 g/mol. The molecule has 0 saturated carbocycles. The van der Waals surface area contributed by atoms with Crippen LogP contribution in [0.5, 0.6) is 5.75 Å². The van der Waals surface area contributed by atoms with Gasteiger partial charge in [-0.2, -0.15) is 13.2 Å². The number of aromatic nitrogens is 4. The highest BCUT2D eigenvalue weighted by Crippen LogP contribution is 2.36. The highest BCUT2D eigenvalue weighted by molar-refractivity contribution is 6.76. The van der Waals surface area contributed by atoms with Crippen LogP contribution in [0.4, 0.5) is 19.1 Å². The summed E-state index contributed by atoms with van der Waals surface area (Å²) in [5.41, 5.74) is -1.15. The smallest absolute Gasteiger partial charge is 0.434 e. The van der Waals surface area contributed by atoms with Crippen LogP contribution in [0.25, 0.3) is 22.2 Å². The van der Waals surface area contributed by atoms with E-state index in [1.54, 1.807) is 36.8 Å². The summed E-state index contributed by atoms with van der Waals surface area (Å²) in [4.78, 5) is 26.0. The van der Waals surface area contributed by atoms with Gasteiger partial charge < -0.3 is 24.0 Å². The van der Waals surface area contributed by atoms with Crippen molar-refractivity contribution >= 4 is 30.9 Å². The molecule has 0 spiro atoms. The third-order valence-corrected chi connectivity index (χ3v) is 9.03. The highest BCUT2D eigenvalue weighted by Gasteiger charge is 2.38. The van der Waals surface area contributed by atoms with Gasteiger partial charge >= 0.3 is 12.1 Å². The van der Waals surface area contributed by atoms with Gasteiger partial charge in [-0.15, -0.1) is 0 Å². The summed E-state index contributed by atoms with van der Waals surface area (Å²) in [5.74, 6) is -0.353. The molecule has 0 atom stereocenters. The summed E-state index contributed by atoms with van der Waals surface area (Å²) >= 11 is 0. The van der Waals surface area contributed by atoms with Crippen LogP contribution in [0.15, 0.2) is 55.0 Å². The Balaban J connectivity index is 1.42. The first-order valence-electron chi connectivity index (χ1n) is 14.1. The molecule has 4 heterocycles. The maximum absolute atomic E-state index is 13.7. The minimum Gasteiger partial charge on any atom is -0.490 e. The van der Waals surface area contributed by atoms with E-state index in [1.165, 1.54) is 6.07 Å². The van der Waals surface area contributed by atoms with E-state index in [-0.39, 0.29) is 18.5 Å². The number of ether oxygens (including phenoxy) is 2. The number of halogens is 3. The number of aromatic carboxylic acids is 1. The number of piperidine rings is 1. The molecule has 1 aromatic carbocycles. The number of carboxylic acid groups (broad SMARTS) is 1. The molecule has 3 aromatic heterocycles.